The molecular formula is C14H19ClN6O. The normalized spacial score (nSPS) is 21.0. The van der Waals surface area contributed by atoms with Gasteiger partial charge in [0.15, 0.2) is 0 Å². The summed E-state index contributed by atoms with van der Waals surface area (Å²) in [4.78, 5) is 20.5. The van der Waals surface area contributed by atoms with E-state index in [4.69, 9.17) is 0 Å². The summed E-state index contributed by atoms with van der Waals surface area (Å²) < 4.78 is 1.54. The number of nitrogens with one attached hydrogen (secondary N) is 2. The number of halogens is 1. The van der Waals surface area contributed by atoms with Crippen molar-refractivity contribution in [2.75, 3.05) is 11.9 Å². The van der Waals surface area contributed by atoms with Gasteiger partial charge in [-0.1, -0.05) is 0 Å². The van der Waals surface area contributed by atoms with Gasteiger partial charge in [0.25, 0.3) is 0 Å². The number of carbonyl (C=O) groups excluding carboxylic acids is 1. The van der Waals surface area contributed by atoms with Gasteiger partial charge in [-0.15, -0.1) is 12.4 Å². The molecule has 2 N–H and O–H groups in total. The number of carbonyl (C=O) groups is 1. The molecule has 7 nitrogen and oxygen atoms in total. The van der Waals surface area contributed by atoms with Crippen LogP contribution in [-0.4, -0.2) is 38.2 Å². The predicted molar refractivity (Wildman–Crippen MR) is 85.2 cm³/mol. The summed E-state index contributed by atoms with van der Waals surface area (Å²) in [6, 6.07) is 2.13. The molecule has 2 aromatic rings. The Kier molecular flexibility index (Phi) is 5.46. The van der Waals surface area contributed by atoms with Gasteiger partial charge in [-0.2, -0.15) is 5.10 Å². The van der Waals surface area contributed by atoms with E-state index in [9.17, 15) is 4.79 Å². The third-order valence-electron chi connectivity index (χ3n) is 3.60. The van der Waals surface area contributed by atoms with Crippen LogP contribution >= 0.6 is 12.4 Å². The van der Waals surface area contributed by atoms with Crippen LogP contribution in [0.5, 0.6) is 0 Å². The van der Waals surface area contributed by atoms with Gasteiger partial charge in [-0.3, -0.25) is 4.79 Å². The standard InChI is InChI=1S/C14H18N6O.ClH/c1-10-7-11(3-6-15-10)13(21)19-12-8-18-20(9-12)14-16-4-2-5-17-14;/h2,4-5,8-11,15H,3,6-7H2,1H3,(H,19,21);1H/t10-,11-;/m0./s1. The van der Waals surface area contributed by atoms with Gasteiger partial charge in [0, 0.05) is 24.4 Å². The van der Waals surface area contributed by atoms with Gasteiger partial charge in [0.2, 0.25) is 11.9 Å². The number of hydrogen-bond donors (Lipinski definition) is 2. The third kappa shape index (κ3) is 3.80. The Bertz CT molecular complexity index is 617. The van der Waals surface area contributed by atoms with Crippen LogP contribution in [-0.2, 0) is 4.79 Å². The van der Waals surface area contributed by atoms with E-state index in [-0.39, 0.29) is 24.2 Å². The maximum absolute atomic E-state index is 12.3. The Morgan fingerprint density at radius 3 is 2.91 bits per heavy atom. The molecule has 1 saturated heterocycles. The summed E-state index contributed by atoms with van der Waals surface area (Å²) in [6.45, 7) is 2.99. The molecule has 0 spiro atoms. The van der Waals surface area contributed by atoms with Gasteiger partial charge in [0.1, 0.15) is 0 Å². The second-order valence-electron chi connectivity index (χ2n) is 5.29. The minimum absolute atomic E-state index is 0. The molecule has 22 heavy (non-hydrogen) atoms. The fraction of sp³-hybridized carbons (Fsp3) is 0.429. The van der Waals surface area contributed by atoms with Crippen molar-refractivity contribution in [2.24, 2.45) is 5.92 Å². The maximum Gasteiger partial charge on any atom is 0.250 e. The number of nitrogens with zero attached hydrogens (tertiary/aromatic N) is 4. The Labute approximate surface area is 134 Å². The monoisotopic (exact) mass is 322 g/mol. The lowest BCUT2D eigenvalue weighted by atomic mass is 9.92. The highest BCUT2D eigenvalue weighted by Crippen LogP contribution is 2.18. The Balaban J connectivity index is 0.00000176. The maximum atomic E-state index is 12.3. The van der Waals surface area contributed by atoms with E-state index < -0.39 is 0 Å². The van der Waals surface area contributed by atoms with Crippen molar-refractivity contribution in [3.05, 3.63) is 30.9 Å². The van der Waals surface area contributed by atoms with Crippen molar-refractivity contribution in [2.45, 2.75) is 25.8 Å². The molecule has 3 rings (SSSR count). The lowest BCUT2D eigenvalue weighted by Crippen LogP contribution is -2.40. The first-order valence-electron chi connectivity index (χ1n) is 7.08. The van der Waals surface area contributed by atoms with Crippen molar-refractivity contribution in [1.82, 2.24) is 25.1 Å². The van der Waals surface area contributed by atoms with Crippen LogP contribution in [0.4, 0.5) is 5.69 Å². The van der Waals surface area contributed by atoms with Gasteiger partial charge in [-0.05, 0) is 32.4 Å². The average Bonchev–Trinajstić information content (AvgIpc) is 2.97. The quantitative estimate of drug-likeness (QED) is 0.892. The van der Waals surface area contributed by atoms with Crippen molar-refractivity contribution in [3.8, 4) is 5.95 Å². The van der Waals surface area contributed by atoms with Crippen LogP contribution in [0, 0.1) is 5.92 Å². The third-order valence-corrected chi connectivity index (χ3v) is 3.60. The first-order chi connectivity index (χ1) is 10.2. The number of anilines is 1. The zero-order chi connectivity index (χ0) is 14.7. The summed E-state index contributed by atoms with van der Waals surface area (Å²) in [5.41, 5.74) is 0.665. The van der Waals surface area contributed by atoms with Gasteiger partial charge < -0.3 is 10.6 Å². The van der Waals surface area contributed by atoms with E-state index in [2.05, 4.69) is 32.6 Å². The second-order valence-corrected chi connectivity index (χ2v) is 5.29. The van der Waals surface area contributed by atoms with Crippen LogP contribution in [0.3, 0.4) is 0 Å². The first-order valence-corrected chi connectivity index (χ1v) is 7.08. The van der Waals surface area contributed by atoms with E-state index >= 15 is 0 Å². The summed E-state index contributed by atoms with van der Waals surface area (Å²) in [7, 11) is 0. The number of amides is 1. The Morgan fingerprint density at radius 1 is 1.41 bits per heavy atom. The van der Waals surface area contributed by atoms with Gasteiger partial charge >= 0.3 is 0 Å². The van der Waals surface area contributed by atoms with Crippen molar-refractivity contribution < 1.29 is 4.79 Å². The fourth-order valence-corrected chi connectivity index (χ4v) is 2.52. The zero-order valence-electron chi connectivity index (χ0n) is 12.3. The molecular weight excluding hydrogens is 304 g/mol. The molecule has 1 fully saturated rings. The van der Waals surface area contributed by atoms with Crippen LogP contribution in [0.1, 0.15) is 19.8 Å². The molecule has 0 aliphatic carbocycles. The molecule has 0 saturated carbocycles. The molecule has 0 radical (unpaired) electrons. The van der Waals surface area contributed by atoms with Crippen molar-refractivity contribution in [1.29, 1.82) is 0 Å². The summed E-state index contributed by atoms with van der Waals surface area (Å²) in [5, 5.41) is 10.4. The molecule has 1 amide bonds. The summed E-state index contributed by atoms with van der Waals surface area (Å²) in [6.07, 6.45) is 8.36. The molecule has 3 heterocycles. The lowest BCUT2D eigenvalue weighted by molar-refractivity contribution is -0.120. The molecule has 0 bridgehead atoms. The van der Waals surface area contributed by atoms with Crippen LogP contribution < -0.4 is 10.6 Å². The number of rotatable bonds is 3. The Hall–Kier alpha value is -1.99. The van der Waals surface area contributed by atoms with Gasteiger partial charge in [-0.25, -0.2) is 14.6 Å². The Morgan fingerprint density at radius 2 is 2.18 bits per heavy atom. The number of hydrogen-bond acceptors (Lipinski definition) is 5. The van der Waals surface area contributed by atoms with Crippen LogP contribution in [0.2, 0.25) is 0 Å². The summed E-state index contributed by atoms with van der Waals surface area (Å²) in [5.74, 6) is 0.586. The number of aromatic nitrogens is 4. The number of piperidine rings is 1. The average molecular weight is 323 g/mol. The van der Waals surface area contributed by atoms with Crippen molar-refractivity contribution in [3.63, 3.8) is 0 Å². The fourth-order valence-electron chi connectivity index (χ4n) is 2.52. The van der Waals surface area contributed by atoms with E-state index in [0.29, 0.717) is 17.7 Å². The smallest absolute Gasteiger partial charge is 0.250 e. The zero-order valence-corrected chi connectivity index (χ0v) is 13.1. The highest BCUT2D eigenvalue weighted by molar-refractivity contribution is 5.92. The second kappa shape index (κ2) is 7.33. The molecule has 0 unspecified atom stereocenters. The minimum Gasteiger partial charge on any atom is -0.323 e. The van der Waals surface area contributed by atoms with E-state index in [1.165, 1.54) is 0 Å². The van der Waals surface area contributed by atoms with E-state index in [1.807, 2.05) is 0 Å². The highest BCUT2D eigenvalue weighted by atomic mass is 35.5. The molecule has 118 valence electrons. The molecule has 8 heteroatoms. The molecule has 1 aliphatic rings. The van der Waals surface area contributed by atoms with Crippen LogP contribution in [0.15, 0.2) is 30.9 Å². The topological polar surface area (TPSA) is 84.7 Å². The molecule has 0 aromatic carbocycles. The highest BCUT2D eigenvalue weighted by Gasteiger charge is 2.24. The largest absolute Gasteiger partial charge is 0.323 e. The van der Waals surface area contributed by atoms with E-state index in [1.54, 1.807) is 35.5 Å². The van der Waals surface area contributed by atoms with Crippen LogP contribution in [0.25, 0.3) is 5.95 Å². The molecule has 1 aliphatic heterocycles. The first kappa shape index (κ1) is 16.4. The minimum atomic E-state index is 0. The van der Waals surface area contributed by atoms with Gasteiger partial charge in [0.05, 0.1) is 18.1 Å². The van der Waals surface area contributed by atoms with E-state index in [0.717, 1.165) is 19.4 Å². The predicted octanol–water partition coefficient (Wildman–Crippen LogP) is 1.41. The molecule has 2 aromatic heterocycles. The molecule has 2 atom stereocenters. The lowest BCUT2D eigenvalue weighted by Gasteiger charge is -2.26. The summed E-state index contributed by atoms with van der Waals surface area (Å²) >= 11 is 0. The SMILES string of the molecule is C[C@H]1C[C@@H](C(=O)Nc2cnn(-c3ncccn3)c2)CCN1.Cl. The van der Waals surface area contributed by atoms with Crippen molar-refractivity contribution >= 4 is 24.0 Å².